The summed E-state index contributed by atoms with van der Waals surface area (Å²) in [6.45, 7) is -3.75. The van der Waals surface area contributed by atoms with E-state index in [1.54, 1.807) is 18.2 Å². The second-order valence-corrected chi connectivity index (χ2v) is 19.2. The molecule has 4 aliphatic carbocycles. The standard InChI is InChI=1S/C22H21F9I2O9S3/c23-20(24,25)43(34,35)40-10-16-4-17(11-41-44(36,37)21(26,27)28)6-18(5-16,12-42-45(38,39)22(29,30)31)9-19(7-16,8-17)14-2-1-13(32)3-15(14)33/h1-3H,4-12H2. The van der Waals surface area contributed by atoms with Gasteiger partial charge >= 0.3 is 46.9 Å². The van der Waals surface area contributed by atoms with Crippen LogP contribution in [-0.4, -0.2) is 61.6 Å². The molecular formula is C22H21F9I2O9S3. The summed E-state index contributed by atoms with van der Waals surface area (Å²) in [5.74, 6) is 0. The van der Waals surface area contributed by atoms with E-state index in [0.717, 1.165) is 0 Å². The van der Waals surface area contributed by atoms with Crippen LogP contribution >= 0.6 is 45.2 Å². The first-order valence-corrected chi connectivity index (χ1v) is 18.7. The van der Waals surface area contributed by atoms with E-state index in [0.29, 0.717) is 12.7 Å². The molecule has 0 spiro atoms. The van der Waals surface area contributed by atoms with Gasteiger partial charge in [0, 0.05) is 7.14 Å². The number of benzene rings is 1. The topological polar surface area (TPSA) is 130 Å². The van der Waals surface area contributed by atoms with E-state index in [1.165, 1.54) is 0 Å². The summed E-state index contributed by atoms with van der Waals surface area (Å²) >= 11 is 3.84. The molecule has 4 saturated carbocycles. The maximum absolute atomic E-state index is 13.2. The lowest BCUT2D eigenvalue weighted by Crippen LogP contribution is -2.66. The molecule has 258 valence electrons. The Kier molecular flexibility index (Phi) is 9.54. The third-order valence-electron chi connectivity index (χ3n) is 8.30. The van der Waals surface area contributed by atoms with Crippen molar-refractivity contribution in [2.75, 3.05) is 19.8 Å². The van der Waals surface area contributed by atoms with Gasteiger partial charge in [-0.05, 0) is 123 Å². The Bertz CT molecular complexity index is 1510. The minimum Gasteiger partial charge on any atom is -0.263 e. The molecule has 4 aliphatic rings. The van der Waals surface area contributed by atoms with Gasteiger partial charge in [-0.15, -0.1) is 0 Å². The van der Waals surface area contributed by atoms with Crippen molar-refractivity contribution in [3.63, 3.8) is 0 Å². The largest absolute Gasteiger partial charge is 0.523 e. The fourth-order valence-electron chi connectivity index (χ4n) is 7.76. The lowest BCUT2D eigenvalue weighted by atomic mass is 9.35. The molecule has 0 atom stereocenters. The fraction of sp³-hybridized carbons (Fsp3) is 0.727. The number of alkyl halides is 9. The zero-order valence-electron chi connectivity index (χ0n) is 22.2. The summed E-state index contributed by atoms with van der Waals surface area (Å²) in [4.78, 5) is 0. The monoisotopic (exact) mass is 950 g/mol. The van der Waals surface area contributed by atoms with Gasteiger partial charge in [-0.2, -0.15) is 64.8 Å². The highest BCUT2D eigenvalue weighted by atomic mass is 127. The maximum atomic E-state index is 13.2. The Balaban J connectivity index is 1.89. The first-order chi connectivity index (χ1) is 20.0. The lowest BCUT2D eigenvalue weighted by Gasteiger charge is -2.70. The van der Waals surface area contributed by atoms with E-state index in [9.17, 15) is 64.8 Å². The van der Waals surface area contributed by atoms with Crippen molar-refractivity contribution in [2.45, 2.75) is 60.5 Å². The van der Waals surface area contributed by atoms with Crippen LogP contribution < -0.4 is 0 Å². The third kappa shape index (κ3) is 7.23. The fourth-order valence-corrected chi connectivity index (χ4v) is 11.6. The van der Waals surface area contributed by atoms with E-state index in [4.69, 9.17) is 0 Å². The highest BCUT2D eigenvalue weighted by molar-refractivity contribution is 14.1. The molecule has 0 aliphatic heterocycles. The quantitative estimate of drug-likeness (QED) is 0.119. The summed E-state index contributed by atoms with van der Waals surface area (Å²) in [5, 5.41) is 0. The van der Waals surface area contributed by atoms with Crippen LogP contribution in [-0.2, 0) is 48.3 Å². The average molecular weight is 950 g/mol. The minimum atomic E-state index is -6.24. The van der Waals surface area contributed by atoms with Crippen LogP contribution in [0, 0.1) is 23.4 Å². The summed E-state index contributed by atoms with van der Waals surface area (Å²) in [6.07, 6.45) is -1.95. The Morgan fingerprint density at radius 3 is 1.16 bits per heavy atom. The molecule has 0 saturated heterocycles. The molecule has 23 heteroatoms. The summed E-state index contributed by atoms with van der Waals surface area (Å²) < 4.78 is 204. The van der Waals surface area contributed by atoms with Crippen LogP contribution in [0.15, 0.2) is 18.2 Å². The predicted octanol–water partition coefficient (Wildman–Crippen LogP) is 6.07. The van der Waals surface area contributed by atoms with Gasteiger partial charge in [-0.3, -0.25) is 12.5 Å². The van der Waals surface area contributed by atoms with E-state index >= 15 is 0 Å². The van der Waals surface area contributed by atoms with Crippen LogP contribution in [0.4, 0.5) is 39.5 Å². The number of hydrogen-bond acceptors (Lipinski definition) is 9. The van der Waals surface area contributed by atoms with Gasteiger partial charge in [0.25, 0.3) is 0 Å². The molecule has 5 rings (SSSR count). The van der Waals surface area contributed by atoms with Gasteiger partial charge in [0.15, 0.2) is 0 Å². The normalized spacial score (nSPS) is 31.0. The lowest BCUT2D eigenvalue weighted by molar-refractivity contribution is -0.202. The van der Waals surface area contributed by atoms with Crippen LogP contribution in [0.5, 0.6) is 0 Å². The van der Waals surface area contributed by atoms with Crippen LogP contribution in [0.3, 0.4) is 0 Å². The van der Waals surface area contributed by atoms with E-state index in [2.05, 4.69) is 12.5 Å². The van der Waals surface area contributed by atoms with Crippen molar-refractivity contribution in [1.82, 2.24) is 0 Å². The second-order valence-electron chi connectivity index (χ2n) is 12.0. The van der Waals surface area contributed by atoms with Gasteiger partial charge in [-0.25, -0.2) is 0 Å². The molecular weight excluding hydrogens is 929 g/mol. The van der Waals surface area contributed by atoms with Crippen molar-refractivity contribution >= 4 is 75.5 Å². The van der Waals surface area contributed by atoms with Crippen molar-refractivity contribution in [3.8, 4) is 0 Å². The molecule has 0 amide bonds. The molecule has 9 nitrogen and oxygen atoms in total. The summed E-state index contributed by atoms with van der Waals surface area (Å²) in [7, 11) is -18.7. The maximum Gasteiger partial charge on any atom is 0.523 e. The number of hydrogen-bond donors (Lipinski definition) is 0. The summed E-state index contributed by atoms with van der Waals surface area (Å²) in [5.41, 5.74) is -23.8. The van der Waals surface area contributed by atoms with Crippen LogP contribution in [0.2, 0.25) is 0 Å². The smallest absolute Gasteiger partial charge is 0.263 e. The molecule has 1 aromatic rings. The van der Waals surface area contributed by atoms with E-state index < -0.39 is 108 Å². The Morgan fingerprint density at radius 2 is 0.889 bits per heavy atom. The highest BCUT2D eigenvalue weighted by Gasteiger charge is 2.70. The zero-order chi connectivity index (χ0) is 34.3. The molecule has 45 heavy (non-hydrogen) atoms. The van der Waals surface area contributed by atoms with Gasteiger partial charge in [0.1, 0.15) is 0 Å². The minimum absolute atomic E-state index is 0.189. The summed E-state index contributed by atoms with van der Waals surface area (Å²) in [6, 6.07) is 4.82. The van der Waals surface area contributed by atoms with E-state index in [1.807, 2.05) is 45.2 Å². The molecule has 0 aromatic heterocycles. The number of halogens is 11. The highest BCUT2D eigenvalue weighted by Crippen LogP contribution is 2.74. The molecule has 0 radical (unpaired) electrons. The van der Waals surface area contributed by atoms with E-state index in [-0.39, 0.29) is 19.3 Å². The molecule has 0 unspecified atom stereocenters. The third-order valence-corrected chi connectivity index (χ3v) is 12.9. The van der Waals surface area contributed by atoms with Crippen molar-refractivity contribution in [2.24, 2.45) is 16.2 Å². The van der Waals surface area contributed by atoms with Crippen molar-refractivity contribution in [1.29, 1.82) is 0 Å². The van der Waals surface area contributed by atoms with Gasteiger partial charge < -0.3 is 0 Å². The van der Waals surface area contributed by atoms with Gasteiger partial charge in [0.05, 0.1) is 19.8 Å². The van der Waals surface area contributed by atoms with Gasteiger partial charge in [-0.1, -0.05) is 6.07 Å². The molecule has 4 bridgehead atoms. The average Bonchev–Trinajstić information content (AvgIpc) is 2.83. The zero-order valence-corrected chi connectivity index (χ0v) is 28.9. The molecule has 0 heterocycles. The predicted molar refractivity (Wildman–Crippen MR) is 151 cm³/mol. The second kappa shape index (κ2) is 11.4. The number of rotatable bonds is 10. The Morgan fingerprint density at radius 1 is 0.578 bits per heavy atom. The van der Waals surface area contributed by atoms with Gasteiger partial charge in [0.2, 0.25) is 0 Å². The molecule has 4 fully saturated rings. The first-order valence-electron chi connectivity index (χ1n) is 12.3. The first kappa shape index (κ1) is 37.6. The van der Waals surface area contributed by atoms with Crippen molar-refractivity contribution in [3.05, 3.63) is 30.9 Å². The Labute approximate surface area is 278 Å². The van der Waals surface area contributed by atoms with Crippen LogP contribution in [0.1, 0.15) is 44.1 Å². The Hall–Kier alpha value is -0.220. The van der Waals surface area contributed by atoms with Crippen molar-refractivity contribution < 1.29 is 77.3 Å². The molecule has 1 aromatic carbocycles. The SMILES string of the molecule is O=S(=O)(OCC12CC3(COS(=O)(=O)C(F)(F)F)CC(COS(=O)(=O)C(F)(F)F)(C1)CC(c1ccc(I)cc1I)(C2)C3)C(F)(F)F. The van der Waals surface area contributed by atoms with Crippen LogP contribution in [0.25, 0.3) is 0 Å². The molecule has 0 N–H and O–H groups in total.